The van der Waals surface area contributed by atoms with Gasteiger partial charge in [-0.05, 0) is 48.7 Å². The van der Waals surface area contributed by atoms with E-state index in [1.807, 2.05) is 0 Å². The molecule has 1 saturated heterocycles. The lowest BCUT2D eigenvalue weighted by Gasteiger charge is -2.11. The number of nitrogens with one attached hydrogen (secondary N) is 1. The Morgan fingerprint density at radius 3 is 2.91 bits per heavy atom. The van der Waals surface area contributed by atoms with Gasteiger partial charge in [-0.2, -0.15) is 0 Å². The number of aromatic nitrogens is 1. The van der Waals surface area contributed by atoms with Crippen molar-refractivity contribution < 1.29 is 18.7 Å². The third-order valence-electron chi connectivity index (χ3n) is 3.52. The predicted molar refractivity (Wildman–Crippen MR) is 81.5 cm³/mol. The monoisotopic (exact) mass is 316 g/mol. The molecule has 1 fully saturated rings. The van der Waals surface area contributed by atoms with Gasteiger partial charge in [0.1, 0.15) is 17.7 Å². The van der Waals surface area contributed by atoms with Crippen molar-refractivity contribution in [3.8, 4) is 11.6 Å². The van der Waals surface area contributed by atoms with Gasteiger partial charge in [-0.1, -0.05) is 0 Å². The van der Waals surface area contributed by atoms with Crippen molar-refractivity contribution in [1.29, 1.82) is 0 Å². The smallest absolute Gasteiger partial charge is 0.249 e. The molecule has 1 aromatic carbocycles. The van der Waals surface area contributed by atoms with E-state index < -0.39 is 0 Å². The first kappa shape index (κ1) is 15.4. The third-order valence-corrected chi connectivity index (χ3v) is 3.52. The zero-order chi connectivity index (χ0) is 16.1. The van der Waals surface area contributed by atoms with Gasteiger partial charge in [-0.3, -0.25) is 4.79 Å². The second-order valence-corrected chi connectivity index (χ2v) is 5.28. The van der Waals surface area contributed by atoms with Crippen molar-refractivity contribution in [2.45, 2.75) is 25.5 Å². The number of pyridine rings is 1. The van der Waals surface area contributed by atoms with Crippen molar-refractivity contribution in [1.82, 2.24) is 10.3 Å². The molecule has 1 atom stereocenters. The second-order valence-electron chi connectivity index (χ2n) is 5.28. The van der Waals surface area contributed by atoms with Crippen LogP contribution < -0.4 is 10.1 Å². The van der Waals surface area contributed by atoms with Crippen LogP contribution in [0.1, 0.15) is 18.4 Å². The Kier molecular flexibility index (Phi) is 4.83. The number of ether oxygens (including phenoxy) is 2. The number of nitrogens with zero attached hydrogens (tertiary/aromatic N) is 1. The quantitative estimate of drug-likeness (QED) is 0.921. The number of hydrogen-bond acceptors (Lipinski definition) is 4. The van der Waals surface area contributed by atoms with E-state index in [2.05, 4.69) is 10.3 Å². The maximum Gasteiger partial charge on any atom is 0.249 e. The molecular formula is C17H17FN2O3. The van der Waals surface area contributed by atoms with Gasteiger partial charge in [0.05, 0.1) is 0 Å². The van der Waals surface area contributed by atoms with Crippen LogP contribution in [0.5, 0.6) is 11.6 Å². The minimum absolute atomic E-state index is 0.0969. The molecule has 3 rings (SSSR count). The highest BCUT2D eigenvalue weighted by atomic mass is 19.1. The van der Waals surface area contributed by atoms with E-state index in [0.717, 1.165) is 18.4 Å². The van der Waals surface area contributed by atoms with E-state index in [9.17, 15) is 9.18 Å². The summed E-state index contributed by atoms with van der Waals surface area (Å²) in [6.45, 7) is 1.02. The lowest BCUT2D eigenvalue weighted by Crippen LogP contribution is -2.33. The fraction of sp³-hybridized carbons (Fsp3) is 0.294. The summed E-state index contributed by atoms with van der Waals surface area (Å²) < 4.78 is 23.8. The molecule has 0 aliphatic carbocycles. The predicted octanol–water partition coefficient (Wildman–Crippen LogP) is 2.81. The molecular weight excluding hydrogens is 299 g/mol. The van der Waals surface area contributed by atoms with Gasteiger partial charge in [0.15, 0.2) is 0 Å². The molecule has 1 aliphatic heterocycles. The van der Waals surface area contributed by atoms with E-state index in [0.29, 0.717) is 24.8 Å². The number of benzene rings is 1. The van der Waals surface area contributed by atoms with Gasteiger partial charge in [0.25, 0.3) is 0 Å². The lowest BCUT2D eigenvalue weighted by molar-refractivity contribution is -0.130. The zero-order valence-corrected chi connectivity index (χ0v) is 12.5. The van der Waals surface area contributed by atoms with E-state index in [-0.39, 0.29) is 17.8 Å². The standard InChI is InChI=1S/C17H17FN2O3/c18-13-3-5-14(6-4-13)23-16-10-12(7-8-19-16)11-20-17(21)15-2-1-9-22-15/h3-8,10,15H,1-2,9,11H2,(H,20,21). The topological polar surface area (TPSA) is 60.5 Å². The first-order chi connectivity index (χ1) is 11.2. The highest BCUT2D eigenvalue weighted by molar-refractivity contribution is 5.80. The van der Waals surface area contributed by atoms with Crippen LogP contribution in [0.2, 0.25) is 0 Å². The number of hydrogen-bond donors (Lipinski definition) is 1. The minimum atomic E-state index is -0.341. The van der Waals surface area contributed by atoms with Crippen LogP contribution in [0, 0.1) is 5.82 Å². The largest absolute Gasteiger partial charge is 0.439 e. The molecule has 120 valence electrons. The van der Waals surface area contributed by atoms with Crippen molar-refractivity contribution in [3.05, 3.63) is 54.0 Å². The summed E-state index contributed by atoms with van der Waals surface area (Å²) in [5, 5.41) is 2.84. The van der Waals surface area contributed by atoms with Gasteiger partial charge in [0.2, 0.25) is 11.8 Å². The summed E-state index contributed by atoms with van der Waals surface area (Å²) in [6, 6.07) is 9.24. The number of rotatable bonds is 5. The Balaban J connectivity index is 1.58. The van der Waals surface area contributed by atoms with Crippen molar-refractivity contribution in [2.24, 2.45) is 0 Å². The Morgan fingerprint density at radius 1 is 1.35 bits per heavy atom. The molecule has 1 N–H and O–H groups in total. The van der Waals surface area contributed by atoms with Gasteiger partial charge in [-0.15, -0.1) is 0 Å². The van der Waals surface area contributed by atoms with Crippen LogP contribution in [0.15, 0.2) is 42.6 Å². The average Bonchev–Trinajstić information content (AvgIpc) is 3.10. The van der Waals surface area contributed by atoms with Crippen LogP contribution >= 0.6 is 0 Å². The Bertz CT molecular complexity index is 670. The summed E-state index contributed by atoms with van der Waals surface area (Å²) in [5.41, 5.74) is 0.864. The van der Waals surface area contributed by atoms with E-state index >= 15 is 0 Å². The maximum atomic E-state index is 12.9. The van der Waals surface area contributed by atoms with E-state index in [4.69, 9.17) is 9.47 Å². The summed E-state index contributed by atoms with van der Waals surface area (Å²) in [6.07, 6.45) is 2.95. The number of halogens is 1. The molecule has 2 aromatic rings. The van der Waals surface area contributed by atoms with E-state index in [1.54, 1.807) is 18.3 Å². The maximum absolute atomic E-state index is 12.9. The zero-order valence-electron chi connectivity index (χ0n) is 12.5. The molecule has 0 bridgehead atoms. The SMILES string of the molecule is O=C(NCc1ccnc(Oc2ccc(F)cc2)c1)C1CCCO1. The third kappa shape index (κ3) is 4.26. The van der Waals surface area contributed by atoms with Crippen LogP contribution in [-0.2, 0) is 16.1 Å². The Hall–Kier alpha value is -2.47. The summed E-state index contributed by atoms with van der Waals surface area (Å²) in [4.78, 5) is 16.0. The minimum Gasteiger partial charge on any atom is -0.439 e. The number of carbonyl (C=O) groups excluding carboxylic acids is 1. The molecule has 0 saturated carbocycles. The first-order valence-corrected chi connectivity index (χ1v) is 7.48. The first-order valence-electron chi connectivity index (χ1n) is 7.48. The number of amides is 1. The van der Waals surface area contributed by atoms with Crippen molar-refractivity contribution in [2.75, 3.05) is 6.61 Å². The van der Waals surface area contributed by atoms with Crippen molar-refractivity contribution >= 4 is 5.91 Å². The molecule has 1 unspecified atom stereocenters. The number of carbonyl (C=O) groups is 1. The fourth-order valence-corrected chi connectivity index (χ4v) is 2.33. The lowest BCUT2D eigenvalue weighted by atomic mass is 10.2. The fourth-order valence-electron chi connectivity index (χ4n) is 2.33. The van der Waals surface area contributed by atoms with Gasteiger partial charge < -0.3 is 14.8 Å². The van der Waals surface area contributed by atoms with Gasteiger partial charge in [0, 0.05) is 25.4 Å². The summed E-state index contributed by atoms with van der Waals surface area (Å²) in [7, 11) is 0. The molecule has 0 radical (unpaired) electrons. The Labute approximate surface area is 133 Å². The molecule has 5 nitrogen and oxygen atoms in total. The Morgan fingerprint density at radius 2 is 2.17 bits per heavy atom. The van der Waals surface area contributed by atoms with E-state index in [1.165, 1.54) is 24.3 Å². The molecule has 0 spiro atoms. The average molecular weight is 316 g/mol. The van der Waals surface area contributed by atoms with Gasteiger partial charge >= 0.3 is 0 Å². The summed E-state index contributed by atoms with van der Waals surface area (Å²) in [5.74, 6) is 0.469. The normalized spacial score (nSPS) is 17.0. The van der Waals surface area contributed by atoms with Crippen LogP contribution in [-0.4, -0.2) is 23.6 Å². The molecule has 6 heteroatoms. The summed E-state index contributed by atoms with van der Waals surface area (Å²) >= 11 is 0. The molecule has 1 amide bonds. The van der Waals surface area contributed by atoms with Crippen LogP contribution in [0.4, 0.5) is 4.39 Å². The molecule has 23 heavy (non-hydrogen) atoms. The highest BCUT2D eigenvalue weighted by Crippen LogP contribution is 2.20. The van der Waals surface area contributed by atoms with Gasteiger partial charge in [-0.25, -0.2) is 9.37 Å². The van der Waals surface area contributed by atoms with Crippen molar-refractivity contribution in [3.63, 3.8) is 0 Å². The highest BCUT2D eigenvalue weighted by Gasteiger charge is 2.22. The molecule has 1 aliphatic rings. The van der Waals surface area contributed by atoms with Crippen LogP contribution in [0.25, 0.3) is 0 Å². The molecule has 1 aromatic heterocycles. The van der Waals surface area contributed by atoms with Crippen LogP contribution in [0.3, 0.4) is 0 Å². The molecule has 2 heterocycles. The second kappa shape index (κ2) is 7.19.